The second-order valence-electron chi connectivity index (χ2n) is 8.45. The Bertz CT molecular complexity index is 727. The minimum Gasteiger partial charge on any atom is -0.347 e. The summed E-state index contributed by atoms with van der Waals surface area (Å²) in [7, 11) is 0. The molecule has 2 aromatic rings. The summed E-state index contributed by atoms with van der Waals surface area (Å²) in [6, 6.07) is 9.98. The lowest BCUT2D eigenvalue weighted by Crippen LogP contribution is -2.45. The molecule has 2 aromatic heterocycles. The van der Waals surface area contributed by atoms with E-state index < -0.39 is 5.41 Å². The molecule has 3 heterocycles. The lowest BCUT2D eigenvalue weighted by molar-refractivity contribution is -0.130. The van der Waals surface area contributed by atoms with Crippen LogP contribution in [0, 0.1) is 11.3 Å². The molecule has 144 valence electrons. The van der Waals surface area contributed by atoms with Gasteiger partial charge in [0, 0.05) is 37.1 Å². The summed E-state index contributed by atoms with van der Waals surface area (Å²) in [5.74, 6) is 0.416. The number of aromatic nitrogens is 2. The first kappa shape index (κ1) is 19.5. The fraction of sp³-hybridized carbons (Fsp3) is 0.500. The third kappa shape index (κ3) is 5.36. The highest BCUT2D eigenvalue weighted by molar-refractivity contribution is 5.81. The van der Waals surface area contributed by atoms with Gasteiger partial charge in [0.1, 0.15) is 0 Å². The number of carbonyl (C=O) groups excluding carboxylic acids is 1. The highest BCUT2D eigenvalue weighted by Gasteiger charge is 2.33. The van der Waals surface area contributed by atoms with Crippen molar-refractivity contribution in [1.29, 1.82) is 0 Å². The van der Waals surface area contributed by atoms with Gasteiger partial charge in [-0.2, -0.15) is 0 Å². The minimum absolute atomic E-state index is 0.0605. The van der Waals surface area contributed by atoms with Gasteiger partial charge in [-0.05, 0) is 49.1 Å². The summed E-state index contributed by atoms with van der Waals surface area (Å²) in [6.07, 6.45) is 7.76. The predicted octanol–water partition coefficient (Wildman–Crippen LogP) is 3.59. The van der Waals surface area contributed by atoms with Crippen molar-refractivity contribution in [3.05, 3.63) is 60.2 Å². The third-order valence-corrected chi connectivity index (χ3v) is 5.12. The van der Waals surface area contributed by atoms with Crippen LogP contribution in [0.3, 0.4) is 0 Å². The molecule has 1 aliphatic rings. The molecule has 0 saturated carbocycles. The highest BCUT2D eigenvalue weighted by atomic mass is 16.2. The molecule has 5 heteroatoms. The van der Waals surface area contributed by atoms with Crippen LogP contribution in [0.1, 0.15) is 50.9 Å². The molecular weight excluding hydrogens is 336 g/mol. The molecule has 1 fully saturated rings. The van der Waals surface area contributed by atoms with Gasteiger partial charge in [0.05, 0.1) is 11.7 Å². The van der Waals surface area contributed by atoms with Crippen molar-refractivity contribution in [2.75, 3.05) is 13.1 Å². The average Bonchev–Trinajstić information content (AvgIpc) is 2.67. The van der Waals surface area contributed by atoms with Gasteiger partial charge in [-0.15, -0.1) is 0 Å². The van der Waals surface area contributed by atoms with Gasteiger partial charge < -0.3 is 5.32 Å². The minimum atomic E-state index is -0.420. The van der Waals surface area contributed by atoms with Crippen LogP contribution >= 0.6 is 0 Å². The lowest BCUT2D eigenvalue weighted by Gasteiger charge is -2.38. The molecule has 0 spiro atoms. The second kappa shape index (κ2) is 8.61. The van der Waals surface area contributed by atoms with Gasteiger partial charge in [0.15, 0.2) is 0 Å². The average molecular weight is 367 g/mol. The molecule has 1 aliphatic heterocycles. The molecule has 2 atom stereocenters. The molecule has 1 amide bonds. The SMILES string of the molecule is CC(C)(C)C(=O)N[C@@H](c1ccccn1)[C@@H]1CCCN(Cc2cccnc2)C1. The van der Waals surface area contributed by atoms with Crippen LogP contribution < -0.4 is 5.32 Å². The largest absolute Gasteiger partial charge is 0.347 e. The number of amides is 1. The predicted molar refractivity (Wildman–Crippen MR) is 107 cm³/mol. The zero-order chi connectivity index (χ0) is 19.3. The van der Waals surface area contributed by atoms with E-state index in [1.165, 1.54) is 5.56 Å². The van der Waals surface area contributed by atoms with Crippen LogP contribution in [0.15, 0.2) is 48.9 Å². The Morgan fingerprint density at radius 1 is 1.26 bits per heavy atom. The van der Waals surface area contributed by atoms with Gasteiger partial charge >= 0.3 is 0 Å². The van der Waals surface area contributed by atoms with Crippen molar-refractivity contribution in [1.82, 2.24) is 20.2 Å². The number of piperidine rings is 1. The van der Waals surface area contributed by atoms with Gasteiger partial charge in [-0.25, -0.2) is 0 Å². The lowest BCUT2D eigenvalue weighted by atomic mass is 9.86. The summed E-state index contributed by atoms with van der Waals surface area (Å²) in [5, 5.41) is 3.29. The standard InChI is InChI=1S/C22H30N4O/c1-22(2,3)21(27)25-20(19-10-4-5-12-24-19)18-9-7-13-26(16-18)15-17-8-6-11-23-14-17/h4-6,8,10-12,14,18,20H,7,9,13,15-16H2,1-3H3,(H,25,27)/t18-,20-/m1/s1. The number of hydrogen-bond donors (Lipinski definition) is 1. The first-order chi connectivity index (χ1) is 12.9. The zero-order valence-corrected chi connectivity index (χ0v) is 16.6. The number of hydrogen-bond acceptors (Lipinski definition) is 4. The number of likely N-dealkylation sites (tertiary alicyclic amines) is 1. The molecule has 0 bridgehead atoms. The van der Waals surface area contributed by atoms with Gasteiger partial charge in [-0.1, -0.05) is 32.9 Å². The van der Waals surface area contributed by atoms with Crippen LogP contribution in [-0.4, -0.2) is 33.9 Å². The summed E-state index contributed by atoms with van der Waals surface area (Å²) < 4.78 is 0. The summed E-state index contributed by atoms with van der Waals surface area (Å²) in [4.78, 5) is 23.9. The number of carbonyl (C=O) groups is 1. The van der Waals surface area contributed by atoms with Crippen molar-refractivity contribution in [3.8, 4) is 0 Å². The molecule has 27 heavy (non-hydrogen) atoms. The van der Waals surface area contributed by atoms with Crippen LogP contribution in [0.5, 0.6) is 0 Å². The molecular formula is C22H30N4O. The Balaban J connectivity index is 1.76. The highest BCUT2D eigenvalue weighted by Crippen LogP contribution is 2.30. The molecule has 1 saturated heterocycles. The number of nitrogens with zero attached hydrogens (tertiary/aromatic N) is 3. The van der Waals surface area contributed by atoms with Crippen molar-refractivity contribution >= 4 is 5.91 Å². The van der Waals surface area contributed by atoms with E-state index in [1.807, 2.05) is 63.6 Å². The fourth-order valence-corrected chi connectivity index (χ4v) is 3.61. The topological polar surface area (TPSA) is 58.1 Å². The Morgan fingerprint density at radius 2 is 2.11 bits per heavy atom. The van der Waals surface area contributed by atoms with Crippen molar-refractivity contribution < 1.29 is 4.79 Å². The van der Waals surface area contributed by atoms with E-state index in [2.05, 4.69) is 26.3 Å². The van der Waals surface area contributed by atoms with Crippen LogP contribution in [0.25, 0.3) is 0 Å². The van der Waals surface area contributed by atoms with Gasteiger partial charge in [0.2, 0.25) is 5.91 Å². The Hall–Kier alpha value is -2.27. The first-order valence-corrected chi connectivity index (χ1v) is 9.76. The van der Waals surface area contributed by atoms with Crippen molar-refractivity contribution in [2.24, 2.45) is 11.3 Å². The molecule has 0 radical (unpaired) electrons. The van der Waals surface area contributed by atoms with E-state index in [0.717, 1.165) is 38.2 Å². The number of pyridine rings is 2. The maximum Gasteiger partial charge on any atom is 0.225 e. The molecule has 3 rings (SSSR count). The van der Waals surface area contributed by atoms with E-state index in [0.29, 0.717) is 5.92 Å². The Kier molecular flexibility index (Phi) is 6.22. The second-order valence-corrected chi connectivity index (χ2v) is 8.45. The summed E-state index contributed by atoms with van der Waals surface area (Å²) in [5.41, 5.74) is 1.76. The molecule has 5 nitrogen and oxygen atoms in total. The van der Waals surface area contributed by atoms with Crippen LogP contribution in [0.4, 0.5) is 0 Å². The van der Waals surface area contributed by atoms with Crippen molar-refractivity contribution in [3.63, 3.8) is 0 Å². The van der Waals surface area contributed by atoms with Gasteiger partial charge in [-0.3, -0.25) is 19.7 Å². The Morgan fingerprint density at radius 3 is 2.78 bits per heavy atom. The molecule has 0 aromatic carbocycles. The van der Waals surface area contributed by atoms with Gasteiger partial charge in [0.25, 0.3) is 0 Å². The van der Waals surface area contributed by atoms with Crippen molar-refractivity contribution in [2.45, 2.75) is 46.2 Å². The fourth-order valence-electron chi connectivity index (χ4n) is 3.61. The van der Waals surface area contributed by atoms with E-state index >= 15 is 0 Å². The van der Waals surface area contributed by atoms with E-state index in [4.69, 9.17) is 0 Å². The molecule has 0 unspecified atom stereocenters. The van der Waals surface area contributed by atoms with E-state index in [1.54, 1.807) is 0 Å². The van der Waals surface area contributed by atoms with E-state index in [9.17, 15) is 4.79 Å². The molecule has 1 N–H and O–H groups in total. The summed E-state index contributed by atoms with van der Waals surface area (Å²) >= 11 is 0. The van der Waals surface area contributed by atoms with Crippen LogP contribution in [0.2, 0.25) is 0 Å². The van der Waals surface area contributed by atoms with E-state index in [-0.39, 0.29) is 11.9 Å². The first-order valence-electron chi connectivity index (χ1n) is 9.76. The maximum absolute atomic E-state index is 12.7. The normalized spacial score (nSPS) is 19.4. The number of rotatable bonds is 5. The monoisotopic (exact) mass is 366 g/mol. The Labute approximate surface area is 162 Å². The van der Waals surface area contributed by atoms with Crippen LogP contribution in [-0.2, 0) is 11.3 Å². The zero-order valence-electron chi connectivity index (χ0n) is 16.6. The maximum atomic E-state index is 12.7. The summed E-state index contributed by atoms with van der Waals surface area (Å²) in [6.45, 7) is 8.77. The quantitative estimate of drug-likeness (QED) is 0.878. The molecule has 0 aliphatic carbocycles. The number of nitrogens with one attached hydrogen (secondary N) is 1. The smallest absolute Gasteiger partial charge is 0.225 e. The third-order valence-electron chi connectivity index (χ3n) is 5.12.